The third-order valence-corrected chi connectivity index (χ3v) is 3.61. The minimum absolute atomic E-state index is 0.0388. The number of urea groups is 1. The van der Waals surface area contributed by atoms with Gasteiger partial charge in [0, 0.05) is 25.6 Å². The maximum Gasteiger partial charge on any atom is 0.314 e. The number of nitrogens with one attached hydrogen (secondary N) is 2. The fraction of sp³-hybridized carbons (Fsp3) is 0.846. The van der Waals surface area contributed by atoms with Crippen molar-refractivity contribution in [1.29, 1.82) is 0 Å². The van der Waals surface area contributed by atoms with Crippen molar-refractivity contribution in [3.63, 3.8) is 0 Å². The fourth-order valence-electron chi connectivity index (χ4n) is 2.59. The summed E-state index contributed by atoms with van der Waals surface area (Å²) in [6.45, 7) is 1.39. The van der Waals surface area contributed by atoms with Crippen LogP contribution in [0.4, 0.5) is 4.79 Å². The lowest BCUT2D eigenvalue weighted by molar-refractivity contribution is -0.136. The quantitative estimate of drug-likeness (QED) is 0.653. The van der Waals surface area contributed by atoms with Gasteiger partial charge in [-0.15, -0.1) is 0 Å². The predicted molar refractivity (Wildman–Crippen MR) is 71.0 cm³/mol. The Bertz CT molecular complexity index is 296. The first kappa shape index (κ1) is 15.8. The van der Waals surface area contributed by atoms with E-state index in [-0.39, 0.29) is 24.4 Å². The normalized spacial score (nSPS) is 17.7. The summed E-state index contributed by atoms with van der Waals surface area (Å²) in [6, 6.07) is -0.303. The van der Waals surface area contributed by atoms with Crippen LogP contribution in [-0.2, 0) is 9.53 Å². The predicted octanol–water partition coefficient (Wildman–Crippen LogP) is 1.36. The van der Waals surface area contributed by atoms with Crippen LogP contribution in [0.3, 0.4) is 0 Å². The average molecular weight is 272 g/mol. The lowest BCUT2D eigenvalue weighted by atomic mass is 9.74. The minimum Gasteiger partial charge on any atom is -0.481 e. The van der Waals surface area contributed by atoms with E-state index in [4.69, 9.17) is 9.84 Å². The Balaban J connectivity index is 2.30. The second-order valence-corrected chi connectivity index (χ2v) is 5.25. The lowest BCUT2D eigenvalue weighted by Gasteiger charge is -2.36. The first-order chi connectivity index (χ1) is 9.08. The molecule has 0 bridgehead atoms. The van der Waals surface area contributed by atoms with Gasteiger partial charge < -0.3 is 20.5 Å². The molecule has 2 amide bonds. The third kappa shape index (κ3) is 5.92. The topological polar surface area (TPSA) is 87.7 Å². The molecule has 0 aromatic rings. The highest BCUT2D eigenvalue weighted by molar-refractivity contribution is 5.75. The van der Waals surface area contributed by atoms with E-state index < -0.39 is 5.97 Å². The minimum atomic E-state index is -0.913. The van der Waals surface area contributed by atoms with Crippen molar-refractivity contribution in [2.45, 2.75) is 38.5 Å². The zero-order valence-corrected chi connectivity index (χ0v) is 11.5. The molecule has 0 atom stereocenters. The molecule has 1 rings (SSSR count). The van der Waals surface area contributed by atoms with Gasteiger partial charge in [0.15, 0.2) is 0 Å². The summed E-state index contributed by atoms with van der Waals surface area (Å²) >= 11 is 0. The lowest BCUT2D eigenvalue weighted by Crippen LogP contribution is -2.45. The molecule has 0 aromatic heterocycles. The number of hydrogen-bond donors (Lipinski definition) is 3. The molecule has 0 aromatic carbocycles. The summed E-state index contributed by atoms with van der Waals surface area (Å²) in [7, 11) is 1.68. The Hall–Kier alpha value is -1.30. The Morgan fingerprint density at radius 2 is 1.89 bits per heavy atom. The third-order valence-electron chi connectivity index (χ3n) is 3.61. The van der Waals surface area contributed by atoms with Crippen molar-refractivity contribution in [1.82, 2.24) is 10.6 Å². The molecular weight excluding hydrogens is 248 g/mol. The maximum atomic E-state index is 11.6. The van der Waals surface area contributed by atoms with Crippen LogP contribution < -0.4 is 10.6 Å². The van der Waals surface area contributed by atoms with Crippen LogP contribution in [0.15, 0.2) is 0 Å². The number of hydrogen-bond acceptors (Lipinski definition) is 3. The number of carboxylic acids is 1. The molecule has 1 aliphatic rings. The Kier molecular flexibility index (Phi) is 6.62. The van der Waals surface area contributed by atoms with Gasteiger partial charge in [-0.3, -0.25) is 4.79 Å². The van der Waals surface area contributed by atoms with Crippen molar-refractivity contribution in [3.8, 4) is 0 Å². The number of aliphatic carboxylic acids is 1. The van der Waals surface area contributed by atoms with E-state index in [2.05, 4.69) is 10.6 Å². The first-order valence-corrected chi connectivity index (χ1v) is 6.80. The summed E-state index contributed by atoms with van der Waals surface area (Å²) in [4.78, 5) is 21.9. The molecular formula is C13H24N2O4. The van der Waals surface area contributed by atoms with Crippen molar-refractivity contribution in [2.75, 3.05) is 26.8 Å². The van der Waals surface area contributed by atoms with Crippen LogP contribution in [0.25, 0.3) is 0 Å². The summed E-state index contributed by atoms with van der Waals surface area (Å²) in [5.74, 6) is -0.913. The van der Waals surface area contributed by atoms with Gasteiger partial charge in [0.1, 0.15) is 0 Å². The molecule has 0 radical (unpaired) electrons. The van der Waals surface area contributed by atoms with Crippen LogP contribution in [-0.4, -0.2) is 43.9 Å². The molecule has 0 spiro atoms. The molecule has 1 saturated carbocycles. The van der Waals surface area contributed by atoms with E-state index in [1.807, 2.05) is 0 Å². The van der Waals surface area contributed by atoms with Gasteiger partial charge in [-0.25, -0.2) is 4.79 Å². The van der Waals surface area contributed by atoms with Gasteiger partial charge >= 0.3 is 12.0 Å². The highest BCUT2D eigenvalue weighted by Crippen LogP contribution is 2.35. The smallest absolute Gasteiger partial charge is 0.314 e. The van der Waals surface area contributed by atoms with Crippen molar-refractivity contribution in [3.05, 3.63) is 0 Å². The Morgan fingerprint density at radius 1 is 1.21 bits per heavy atom. The largest absolute Gasteiger partial charge is 0.481 e. The van der Waals surface area contributed by atoms with E-state index in [1.165, 1.54) is 19.3 Å². The zero-order valence-electron chi connectivity index (χ0n) is 11.5. The highest BCUT2D eigenvalue weighted by Gasteiger charge is 2.32. The molecule has 0 saturated heterocycles. The van der Waals surface area contributed by atoms with Crippen molar-refractivity contribution < 1.29 is 19.4 Å². The number of carbonyl (C=O) groups excluding carboxylic acids is 1. The van der Waals surface area contributed by atoms with Crippen LogP contribution >= 0.6 is 0 Å². The maximum absolute atomic E-state index is 11.6. The van der Waals surface area contributed by atoms with Crippen LogP contribution in [0.2, 0.25) is 0 Å². The second-order valence-electron chi connectivity index (χ2n) is 5.25. The number of rotatable bonds is 7. The molecule has 19 heavy (non-hydrogen) atoms. The highest BCUT2D eigenvalue weighted by atomic mass is 16.5. The van der Waals surface area contributed by atoms with Gasteiger partial charge in [-0.1, -0.05) is 19.3 Å². The van der Waals surface area contributed by atoms with Gasteiger partial charge in [0.2, 0.25) is 0 Å². The molecule has 0 unspecified atom stereocenters. The molecule has 0 aliphatic heterocycles. The van der Waals surface area contributed by atoms with Crippen LogP contribution in [0.5, 0.6) is 0 Å². The van der Waals surface area contributed by atoms with E-state index in [9.17, 15) is 9.59 Å². The van der Waals surface area contributed by atoms with E-state index in [1.54, 1.807) is 7.11 Å². The second kappa shape index (κ2) is 7.99. The molecule has 110 valence electrons. The first-order valence-electron chi connectivity index (χ1n) is 6.80. The van der Waals surface area contributed by atoms with E-state index in [0.29, 0.717) is 13.2 Å². The van der Waals surface area contributed by atoms with Gasteiger partial charge in [0.05, 0.1) is 13.0 Å². The van der Waals surface area contributed by atoms with Gasteiger partial charge in [-0.05, 0) is 12.8 Å². The molecule has 6 heteroatoms. The van der Waals surface area contributed by atoms with Gasteiger partial charge in [-0.2, -0.15) is 0 Å². The average Bonchev–Trinajstić information content (AvgIpc) is 2.38. The monoisotopic (exact) mass is 272 g/mol. The molecule has 3 N–H and O–H groups in total. The summed E-state index contributed by atoms with van der Waals surface area (Å²) < 4.78 is 5.28. The molecule has 6 nitrogen and oxygen atoms in total. The van der Waals surface area contributed by atoms with Crippen LogP contribution in [0, 0.1) is 5.41 Å². The van der Waals surface area contributed by atoms with Gasteiger partial charge in [0.25, 0.3) is 0 Å². The standard InChI is InChI=1S/C13H24N2O4/c1-19-10-13(6-3-2-4-7-13)9-15-12(18)14-8-5-11(16)17/h2-10H2,1H3,(H,16,17)(H2,14,15,18). The van der Waals surface area contributed by atoms with Crippen molar-refractivity contribution in [2.24, 2.45) is 5.41 Å². The summed E-state index contributed by atoms with van der Waals surface area (Å²) in [5.41, 5.74) is 0.0388. The molecule has 1 fully saturated rings. The van der Waals surface area contributed by atoms with Crippen LogP contribution in [0.1, 0.15) is 38.5 Å². The van der Waals surface area contributed by atoms with Crippen molar-refractivity contribution >= 4 is 12.0 Å². The number of amides is 2. The van der Waals surface area contributed by atoms with E-state index >= 15 is 0 Å². The Morgan fingerprint density at radius 3 is 2.47 bits per heavy atom. The SMILES string of the molecule is COCC1(CNC(=O)NCCC(=O)O)CCCCC1. The summed E-state index contributed by atoms with van der Waals surface area (Å²) in [6.07, 6.45) is 5.66. The molecule has 0 heterocycles. The Labute approximate surface area is 113 Å². The van der Waals surface area contributed by atoms with E-state index in [0.717, 1.165) is 12.8 Å². The zero-order chi connectivity index (χ0) is 14.1. The summed E-state index contributed by atoms with van der Waals surface area (Å²) in [5, 5.41) is 13.9. The number of ether oxygens (including phenoxy) is 1. The molecule has 1 aliphatic carbocycles. The fourth-order valence-corrected chi connectivity index (χ4v) is 2.59. The number of carboxylic acid groups (broad SMARTS) is 1. The number of carbonyl (C=O) groups is 2. The number of methoxy groups -OCH3 is 1.